The lowest BCUT2D eigenvalue weighted by atomic mass is 9.76. The van der Waals surface area contributed by atoms with Gasteiger partial charge in [-0.2, -0.15) is 0 Å². The van der Waals surface area contributed by atoms with Crippen molar-refractivity contribution in [1.82, 2.24) is 0 Å². The number of hydrogen-bond donors (Lipinski definition) is 1. The van der Waals surface area contributed by atoms with Crippen LogP contribution in [0, 0.1) is 8.99 Å². The highest BCUT2D eigenvalue weighted by molar-refractivity contribution is 14.1. The van der Waals surface area contributed by atoms with Crippen LogP contribution in [0.1, 0.15) is 45.6 Å². The molecule has 118 valence electrons. The van der Waals surface area contributed by atoms with E-state index in [1.54, 1.807) is 0 Å². The minimum absolute atomic E-state index is 0.108. The molecule has 3 nitrogen and oxygen atoms in total. The van der Waals surface area contributed by atoms with Crippen molar-refractivity contribution in [2.45, 2.75) is 45.4 Å². The number of aliphatic hydroxyl groups excluding tert-OH is 1. The second kappa shape index (κ2) is 7.58. The molecule has 0 saturated carbocycles. The van der Waals surface area contributed by atoms with Crippen molar-refractivity contribution in [2.75, 3.05) is 13.7 Å². The number of halogens is 1. The molecule has 1 unspecified atom stereocenters. The summed E-state index contributed by atoms with van der Waals surface area (Å²) in [6, 6.07) is 8.01. The zero-order chi connectivity index (χ0) is 16.1. The third-order valence-corrected chi connectivity index (χ3v) is 4.79. The smallest absolute Gasteiger partial charge is 0.315 e. The van der Waals surface area contributed by atoms with Crippen LogP contribution in [0.3, 0.4) is 0 Å². The number of benzene rings is 1. The number of rotatable bonds is 7. The maximum atomic E-state index is 12.3. The summed E-state index contributed by atoms with van der Waals surface area (Å²) in [6.07, 6.45) is 2.45. The van der Waals surface area contributed by atoms with E-state index in [9.17, 15) is 9.90 Å². The second-order valence-corrected chi connectivity index (χ2v) is 7.75. The van der Waals surface area contributed by atoms with Crippen molar-refractivity contribution in [3.8, 4) is 0 Å². The van der Waals surface area contributed by atoms with E-state index >= 15 is 0 Å². The number of aliphatic hydroxyl groups is 1. The first kappa shape index (κ1) is 18.4. The summed E-state index contributed by atoms with van der Waals surface area (Å²) in [5, 5.41) is 9.33. The summed E-state index contributed by atoms with van der Waals surface area (Å²) in [4.78, 5) is 12.3. The number of methoxy groups -OCH3 is 1. The first-order chi connectivity index (χ1) is 9.75. The third kappa shape index (κ3) is 4.95. The summed E-state index contributed by atoms with van der Waals surface area (Å²) in [5.41, 5.74) is 0.241. The molecule has 0 radical (unpaired) electrons. The summed E-state index contributed by atoms with van der Waals surface area (Å²) >= 11 is 2.25. The van der Waals surface area contributed by atoms with Gasteiger partial charge in [0.15, 0.2) is 0 Å². The van der Waals surface area contributed by atoms with Gasteiger partial charge in [-0.25, -0.2) is 0 Å². The van der Waals surface area contributed by atoms with E-state index in [1.165, 1.54) is 7.11 Å². The van der Waals surface area contributed by atoms with Crippen molar-refractivity contribution in [3.63, 3.8) is 0 Å². The zero-order valence-corrected chi connectivity index (χ0v) is 15.4. The normalized spacial score (nSPS) is 14.6. The number of carbonyl (C=O) groups is 1. The van der Waals surface area contributed by atoms with Gasteiger partial charge in [0.25, 0.3) is 0 Å². The van der Waals surface area contributed by atoms with E-state index in [4.69, 9.17) is 4.74 Å². The molecule has 0 bridgehead atoms. The van der Waals surface area contributed by atoms with E-state index in [2.05, 4.69) is 22.6 Å². The molecule has 0 saturated heterocycles. The van der Waals surface area contributed by atoms with Crippen molar-refractivity contribution < 1.29 is 14.6 Å². The van der Waals surface area contributed by atoms with E-state index in [1.807, 2.05) is 45.0 Å². The maximum Gasteiger partial charge on any atom is 0.315 e. The molecule has 1 N–H and O–H groups in total. The number of hydrogen-bond acceptors (Lipinski definition) is 3. The second-order valence-electron chi connectivity index (χ2n) is 6.51. The Balaban J connectivity index is 2.89. The van der Waals surface area contributed by atoms with Gasteiger partial charge in [0, 0.05) is 10.2 Å². The van der Waals surface area contributed by atoms with E-state index in [0.717, 1.165) is 22.0 Å². The van der Waals surface area contributed by atoms with Gasteiger partial charge in [0.05, 0.1) is 12.5 Å². The molecule has 0 aliphatic heterocycles. The van der Waals surface area contributed by atoms with Crippen LogP contribution < -0.4 is 0 Å². The number of esters is 1. The van der Waals surface area contributed by atoms with Crippen molar-refractivity contribution in [1.29, 1.82) is 0 Å². The monoisotopic (exact) mass is 404 g/mol. The molecule has 1 aromatic carbocycles. The van der Waals surface area contributed by atoms with Gasteiger partial charge in [-0.1, -0.05) is 32.4 Å². The Morgan fingerprint density at radius 3 is 2.24 bits per heavy atom. The molecule has 1 atom stereocenters. The van der Waals surface area contributed by atoms with Gasteiger partial charge < -0.3 is 9.84 Å². The Hall–Kier alpha value is -0.620. The summed E-state index contributed by atoms with van der Waals surface area (Å²) in [5.74, 6) is -0.203. The first-order valence-corrected chi connectivity index (χ1v) is 8.28. The highest BCUT2D eigenvalue weighted by Crippen LogP contribution is 2.34. The molecule has 0 amide bonds. The van der Waals surface area contributed by atoms with Crippen molar-refractivity contribution in [2.24, 2.45) is 5.41 Å². The Bertz CT molecular complexity index is 467. The standard InChI is InChI=1S/C17H25IO3/c1-16(2,12-19)10-5-11-17(3,15(20)21-4)13-6-8-14(18)9-7-13/h6-9,19H,5,10-12H2,1-4H3. The lowest BCUT2D eigenvalue weighted by molar-refractivity contribution is -0.147. The molecule has 0 aliphatic rings. The molecule has 0 heterocycles. The minimum Gasteiger partial charge on any atom is -0.468 e. The Morgan fingerprint density at radius 2 is 1.76 bits per heavy atom. The highest BCUT2D eigenvalue weighted by atomic mass is 127. The maximum absolute atomic E-state index is 12.3. The highest BCUT2D eigenvalue weighted by Gasteiger charge is 2.36. The van der Waals surface area contributed by atoms with Gasteiger partial charge in [0.2, 0.25) is 0 Å². The minimum atomic E-state index is -0.634. The van der Waals surface area contributed by atoms with Crippen LogP contribution >= 0.6 is 22.6 Å². The molecule has 1 aromatic rings. The van der Waals surface area contributed by atoms with Crippen LogP contribution in [0.15, 0.2) is 24.3 Å². The number of carbonyl (C=O) groups excluding carboxylic acids is 1. The fourth-order valence-electron chi connectivity index (χ4n) is 2.41. The number of ether oxygens (including phenoxy) is 1. The van der Waals surface area contributed by atoms with E-state index < -0.39 is 5.41 Å². The van der Waals surface area contributed by atoms with Crippen LogP contribution in [0.4, 0.5) is 0 Å². The third-order valence-electron chi connectivity index (χ3n) is 4.08. The van der Waals surface area contributed by atoms with Gasteiger partial charge in [-0.05, 0) is 65.5 Å². The lowest BCUT2D eigenvalue weighted by Gasteiger charge is -2.29. The molecule has 0 aromatic heterocycles. The molecule has 21 heavy (non-hydrogen) atoms. The summed E-state index contributed by atoms with van der Waals surface area (Å²) in [7, 11) is 1.44. The average molecular weight is 404 g/mol. The summed E-state index contributed by atoms with van der Waals surface area (Å²) in [6.45, 7) is 6.17. The van der Waals surface area contributed by atoms with Crippen molar-refractivity contribution in [3.05, 3.63) is 33.4 Å². The molecule has 0 spiro atoms. The van der Waals surface area contributed by atoms with Gasteiger partial charge >= 0.3 is 5.97 Å². The average Bonchev–Trinajstić information content (AvgIpc) is 2.46. The van der Waals surface area contributed by atoms with Gasteiger partial charge in [0.1, 0.15) is 0 Å². The van der Waals surface area contributed by atoms with Crippen LogP contribution in [-0.2, 0) is 14.9 Å². The van der Waals surface area contributed by atoms with Crippen LogP contribution in [0.2, 0.25) is 0 Å². The van der Waals surface area contributed by atoms with E-state index in [0.29, 0.717) is 6.42 Å². The molecule has 4 heteroatoms. The molecule has 0 fully saturated rings. The molecule has 0 aliphatic carbocycles. The van der Waals surface area contributed by atoms with E-state index in [-0.39, 0.29) is 18.0 Å². The Morgan fingerprint density at radius 1 is 1.19 bits per heavy atom. The zero-order valence-electron chi connectivity index (χ0n) is 13.3. The van der Waals surface area contributed by atoms with Crippen LogP contribution in [0.25, 0.3) is 0 Å². The predicted octanol–water partition coefficient (Wildman–Crippen LogP) is 3.91. The Labute approximate surface area is 141 Å². The lowest BCUT2D eigenvalue weighted by Crippen LogP contribution is -2.34. The van der Waals surface area contributed by atoms with Crippen LogP contribution in [-0.4, -0.2) is 24.8 Å². The largest absolute Gasteiger partial charge is 0.468 e. The van der Waals surface area contributed by atoms with Gasteiger partial charge in [-0.3, -0.25) is 4.79 Å². The van der Waals surface area contributed by atoms with Gasteiger partial charge in [-0.15, -0.1) is 0 Å². The predicted molar refractivity (Wildman–Crippen MR) is 93.2 cm³/mol. The first-order valence-electron chi connectivity index (χ1n) is 7.20. The van der Waals surface area contributed by atoms with Crippen molar-refractivity contribution >= 4 is 28.6 Å². The SMILES string of the molecule is COC(=O)C(C)(CCCC(C)(C)CO)c1ccc(I)cc1. The molecular weight excluding hydrogens is 379 g/mol. The fourth-order valence-corrected chi connectivity index (χ4v) is 2.77. The molecule has 1 rings (SSSR count). The fraction of sp³-hybridized carbons (Fsp3) is 0.588. The molecular formula is C17H25IO3. The quantitative estimate of drug-likeness (QED) is 0.554. The summed E-state index contributed by atoms with van der Waals surface area (Å²) < 4.78 is 6.16. The van der Waals surface area contributed by atoms with Crippen LogP contribution in [0.5, 0.6) is 0 Å². The topological polar surface area (TPSA) is 46.5 Å². The Kier molecular flexibility index (Phi) is 6.66.